The second-order valence-electron chi connectivity index (χ2n) is 14.8. The second kappa shape index (κ2) is 21.2. The third-order valence-corrected chi connectivity index (χ3v) is 9.26. The number of rotatable bonds is 21. The van der Waals surface area contributed by atoms with Crippen LogP contribution < -0.4 is 21.3 Å². The number of aliphatic hydroxyl groups is 1. The van der Waals surface area contributed by atoms with E-state index < -0.39 is 36.0 Å². The van der Waals surface area contributed by atoms with Crippen LogP contribution in [0.3, 0.4) is 0 Å². The smallest absolute Gasteiger partial charge is 0.243 e. The van der Waals surface area contributed by atoms with Crippen molar-refractivity contribution in [1.29, 1.82) is 0 Å². The number of aliphatic hydroxyl groups excluding tert-OH is 1. The minimum absolute atomic E-state index is 0.0601. The molecular formula is C42H60N4O5. The largest absolute Gasteiger partial charge is 0.390 e. The van der Waals surface area contributed by atoms with E-state index in [2.05, 4.69) is 28.2 Å². The molecule has 278 valence electrons. The number of hydrogen-bond acceptors (Lipinski definition) is 5. The lowest BCUT2D eigenvalue weighted by Gasteiger charge is -2.29. The van der Waals surface area contributed by atoms with E-state index >= 15 is 0 Å². The van der Waals surface area contributed by atoms with Gasteiger partial charge in [-0.1, -0.05) is 121 Å². The first-order valence-corrected chi connectivity index (χ1v) is 18.7. The number of carbonyl (C=O) groups is 4. The summed E-state index contributed by atoms with van der Waals surface area (Å²) >= 11 is 0. The normalized spacial score (nSPS) is 14.4. The summed E-state index contributed by atoms with van der Waals surface area (Å²) < 4.78 is 0. The lowest BCUT2D eigenvalue weighted by molar-refractivity contribution is -0.133. The fourth-order valence-electron chi connectivity index (χ4n) is 6.18. The van der Waals surface area contributed by atoms with Gasteiger partial charge in [-0.15, -0.1) is 0 Å². The Morgan fingerprint density at radius 1 is 0.706 bits per heavy atom. The highest BCUT2D eigenvalue weighted by Crippen LogP contribution is 2.21. The highest BCUT2D eigenvalue weighted by molar-refractivity contribution is 5.93. The van der Waals surface area contributed by atoms with Crippen molar-refractivity contribution < 1.29 is 24.3 Å². The molecule has 0 saturated heterocycles. The Balaban J connectivity index is 1.78. The van der Waals surface area contributed by atoms with E-state index in [9.17, 15) is 24.3 Å². The Bertz CT molecular complexity index is 1540. The van der Waals surface area contributed by atoms with Gasteiger partial charge in [0.1, 0.15) is 12.1 Å². The van der Waals surface area contributed by atoms with Crippen molar-refractivity contribution in [2.24, 2.45) is 17.8 Å². The first-order valence-electron chi connectivity index (χ1n) is 18.7. The van der Waals surface area contributed by atoms with Crippen LogP contribution in [0.25, 0.3) is 10.8 Å². The van der Waals surface area contributed by atoms with Crippen LogP contribution in [0.1, 0.15) is 91.2 Å². The minimum Gasteiger partial charge on any atom is -0.390 e. The van der Waals surface area contributed by atoms with Gasteiger partial charge in [-0.05, 0) is 65.3 Å². The highest BCUT2D eigenvalue weighted by atomic mass is 16.3. The van der Waals surface area contributed by atoms with Gasteiger partial charge in [0.25, 0.3) is 0 Å². The quantitative estimate of drug-likeness (QED) is 0.0948. The summed E-state index contributed by atoms with van der Waals surface area (Å²) in [5.41, 5.74) is 2.06. The lowest BCUT2D eigenvalue weighted by atomic mass is 9.95. The topological polar surface area (TPSA) is 137 Å². The molecule has 51 heavy (non-hydrogen) atoms. The van der Waals surface area contributed by atoms with Gasteiger partial charge in [-0.3, -0.25) is 19.2 Å². The molecule has 5 N–H and O–H groups in total. The first kappa shape index (κ1) is 41.2. The van der Waals surface area contributed by atoms with Gasteiger partial charge < -0.3 is 26.4 Å². The molecule has 3 rings (SSSR count). The van der Waals surface area contributed by atoms with Gasteiger partial charge in [-0.25, -0.2) is 0 Å². The summed E-state index contributed by atoms with van der Waals surface area (Å²) in [6.45, 7) is 12.5. The molecule has 0 fully saturated rings. The van der Waals surface area contributed by atoms with Gasteiger partial charge >= 0.3 is 0 Å². The molecule has 3 aromatic carbocycles. The Labute approximate surface area is 304 Å². The maximum atomic E-state index is 14.1. The Morgan fingerprint density at radius 3 is 2.04 bits per heavy atom. The molecule has 5 atom stereocenters. The van der Waals surface area contributed by atoms with Gasteiger partial charge in [0.2, 0.25) is 23.6 Å². The minimum atomic E-state index is -1.10. The van der Waals surface area contributed by atoms with E-state index in [4.69, 9.17) is 0 Å². The van der Waals surface area contributed by atoms with Crippen LogP contribution in [-0.2, 0) is 32.0 Å². The third-order valence-electron chi connectivity index (χ3n) is 9.26. The highest BCUT2D eigenvalue weighted by Gasteiger charge is 2.31. The zero-order chi connectivity index (χ0) is 37.3. The Hall–Kier alpha value is -4.24. The van der Waals surface area contributed by atoms with Crippen molar-refractivity contribution in [2.45, 2.75) is 117 Å². The van der Waals surface area contributed by atoms with Crippen molar-refractivity contribution in [3.8, 4) is 0 Å². The summed E-state index contributed by atoms with van der Waals surface area (Å²) in [5.74, 6) is -0.874. The first-order chi connectivity index (χ1) is 24.4. The van der Waals surface area contributed by atoms with Crippen molar-refractivity contribution >= 4 is 34.4 Å². The van der Waals surface area contributed by atoms with Crippen LogP contribution in [0, 0.1) is 17.8 Å². The molecule has 0 spiro atoms. The van der Waals surface area contributed by atoms with Crippen LogP contribution >= 0.6 is 0 Å². The molecule has 0 aliphatic carbocycles. The van der Waals surface area contributed by atoms with Crippen LogP contribution in [0.5, 0.6) is 0 Å². The lowest BCUT2D eigenvalue weighted by Crippen LogP contribution is -2.57. The van der Waals surface area contributed by atoms with E-state index in [-0.39, 0.29) is 42.9 Å². The number of fused-ring (bicyclic) bond motifs is 1. The van der Waals surface area contributed by atoms with Gasteiger partial charge in [0.15, 0.2) is 0 Å². The summed E-state index contributed by atoms with van der Waals surface area (Å²) in [6.07, 6.45) is 2.37. The zero-order valence-electron chi connectivity index (χ0n) is 31.4. The molecule has 1 unspecified atom stereocenters. The summed E-state index contributed by atoms with van der Waals surface area (Å²) in [6, 6.07) is 21.3. The van der Waals surface area contributed by atoms with E-state index in [1.165, 1.54) is 0 Å². The number of benzene rings is 3. The van der Waals surface area contributed by atoms with Gasteiger partial charge in [-0.2, -0.15) is 0 Å². The third kappa shape index (κ3) is 14.5. The monoisotopic (exact) mass is 700 g/mol. The molecular weight excluding hydrogens is 640 g/mol. The molecule has 0 heterocycles. The number of aryl methyl sites for hydroxylation is 1. The maximum absolute atomic E-state index is 14.1. The average molecular weight is 701 g/mol. The predicted molar refractivity (Wildman–Crippen MR) is 205 cm³/mol. The summed E-state index contributed by atoms with van der Waals surface area (Å²) in [5, 5.41) is 24.9. The Morgan fingerprint density at radius 2 is 1.35 bits per heavy atom. The zero-order valence-corrected chi connectivity index (χ0v) is 31.4. The molecule has 3 aromatic rings. The van der Waals surface area contributed by atoms with E-state index in [0.717, 1.165) is 34.7 Å². The standard InChI is InChI=1S/C42H60N4O5/c1-7-30(6)27-43-40(49)26-38(47)35(23-28(2)3)45-41(50)36(24-29(4)5)46-42(51)37(25-33-20-14-19-32-18-11-12-21-34(32)33)44-39(48)22-13-17-31-15-9-8-10-16-31/h8-12,14-16,18-21,28-30,35-38,47H,7,13,17,22-27H2,1-6H3,(H,43,49)(H,44,48)(H,45,50)(H,46,51)/t30?,35-,36-,37-,38-/m0/s1. The SMILES string of the molecule is CCC(C)CNC(=O)C[C@H](O)[C@H](CC(C)C)NC(=O)[C@H](CC(C)C)NC(=O)[C@H](Cc1cccc2ccccc12)NC(=O)CCCc1ccccc1. The summed E-state index contributed by atoms with van der Waals surface area (Å²) in [7, 11) is 0. The van der Waals surface area contributed by atoms with Crippen molar-refractivity contribution in [3.63, 3.8) is 0 Å². The molecule has 0 aliphatic heterocycles. The molecule has 0 radical (unpaired) electrons. The van der Waals surface area contributed by atoms with Crippen molar-refractivity contribution in [3.05, 3.63) is 83.9 Å². The number of nitrogens with one attached hydrogen (secondary N) is 4. The van der Waals surface area contributed by atoms with Crippen LogP contribution in [0.15, 0.2) is 72.8 Å². The molecule has 9 heteroatoms. The average Bonchev–Trinajstić information content (AvgIpc) is 3.09. The van der Waals surface area contributed by atoms with Crippen LogP contribution in [-0.4, -0.2) is 59.5 Å². The molecule has 0 aromatic heterocycles. The molecule has 4 amide bonds. The number of hydrogen-bond donors (Lipinski definition) is 5. The molecule has 0 saturated carbocycles. The Kier molecular flexibility index (Phi) is 17.1. The van der Waals surface area contributed by atoms with Crippen molar-refractivity contribution in [2.75, 3.05) is 6.54 Å². The van der Waals surface area contributed by atoms with E-state index in [0.29, 0.717) is 31.7 Å². The fourth-order valence-corrected chi connectivity index (χ4v) is 6.18. The summed E-state index contributed by atoms with van der Waals surface area (Å²) in [4.78, 5) is 53.9. The number of carbonyl (C=O) groups excluding carboxylic acids is 4. The van der Waals surface area contributed by atoms with Gasteiger partial charge in [0.05, 0.1) is 18.6 Å². The van der Waals surface area contributed by atoms with Crippen LogP contribution in [0.2, 0.25) is 0 Å². The molecule has 0 bridgehead atoms. The van der Waals surface area contributed by atoms with Crippen molar-refractivity contribution in [1.82, 2.24) is 21.3 Å². The van der Waals surface area contributed by atoms with Gasteiger partial charge in [0, 0.05) is 19.4 Å². The maximum Gasteiger partial charge on any atom is 0.243 e. The van der Waals surface area contributed by atoms with E-state index in [1.54, 1.807) is 0 Å². The molecule has 0 aliphatic rings. The van der Waals surface area contributed by atoms with E-state index in [1.807, 2.05) is 107 Å². The predicted octanol–water partition coefficient (Wildman–Crippen LogP) is 5.87. The number of amides is 4. The second-order valence-corrected chi connectivity index (χ2v) is 14.8. The molecule has 9 nitrogen and oxygen atoms in total. The van der Waals surface area contributed by atoms with Crippen LogP contribution in [0.4, 0.5) is 0 Å². The fraction of sp³-hybridized carbons (Fsp3) is 0.524.